The van der Waals surface area contributed by atoms with Gasteiger partial charge in [-0.15, -0.1) is 0 Å². The molecule has 4 N–H and O–H groups in total. The molecule has 1 atom stereocenters. The number of carbonyl (C=O) groups is 1. The van der Waals surface area contributed by atoms with Gasteiger partial charge in [0.2, 0.25) is 0 Å². The first-order chi connectivity index (χ1) is 8.08. The summed E-state index contributed by atoms with van der Waals surface area (Å²) in [7, 11) is 0. The van der Waals surface area contributed by atoms with Gasteiger partial charge in [0.25, 0.3) is 5.91 Å². The highest BCUT2D eigenvalue weighted by Gasteiger charge is 2.08. The first-order valence-corrected chi connectivity index (χ1v) is 6.94. The molecule has 1 aromatic carbocycles. The first-order valence-electron chi connectivity index (χ1n) is 5.10. The van der Waals surface area contributed by atoms with Crippen molar-refractivity contribution in [2.75, 3.05) is 6.61 Å². The number of halogens is 1. The molecule has 0 bridgehead atoms. The van der Waals surface area contributed by atoms with Gasteiger partial charge in [-0.25, -0.2) is 5.84 Å². The van der Waals surface area contributed by atoms with Crippen LogP contribution in [0.2, 0.25) is 0 Å². The summed E-state index contributed by atoms with van der Waals surface area (Å²) in [6.45, 7) is 2.13. The number of carbonyl (C=O) groups excluding carboxylic acids is 1. The summed E-state index contributed by atoms with van der Waals surface area (Å²) in [5, 5.41) is 9.13. The predicted octanol–water partition coefficient (Wildman–Crippen LogP) is 1.67. The third-order valence-corrected chi connectivity index (χ3v) is 4.16. The minimum atomic E-state index is -0.311. The normalized spacial score (nSPS) is 12.2. The highest BCUT2D eigenvalue weighted by molar-refractivity contribution is 9.10. The zero-order valence-electron chi connectivity index (χ0n) is 9.44. The second kappa shape index (κ2) is 7.00. The molecule has 1 rings (SSSR count). The first kappa shape index (κ1) is 14.5. The van der Waals surface area contributed by atoms with E-state index in [0.717, 1.165) is 15.8 Å². The number of rotatable bonds is 5. The molecule has 0 aliphatic heterocycles. The van der Waals surface area contributed by atoms with E-state index >= 15 is 0 Å². The Hall–Kier alpha value is -0.560. The predicted molar refractivity (Wildman–Crippen MR) is 73.6 cm³/mol. The number of hydrogen-bond acceptors (Lipinski definition) is 4. The van der Waals surface area contributed by atoms with Crippen LogP contribution < -0.4 is 11.3 Å². The maximum atomic E-state index is 11.3. The Bertz CT molecular complexity index is 401. The van der Waals surface area contributed by atoms with Crippen LogP contribution in [0.4, 0.5) is 0 Å². The molecule has 6 heteroatoms. The van der Waals surface area contributed by atoms with E-state index < -0.39 is 0 Å². The molecule has 0 aliphatic carbocycles. The van der Waals surface area contributed by atoms with E-state index in [1.165, 1.54) is 0 Å². The van der Waals surface area contributed by atoms with Crippen LogP contribution in [-0.4, -0.2) is 22.9 Å². The zero-order chi connectivity index (χ0) is 12.8. The number of amides is 1. The van der Waals surface area contributed by atoms with Crippen molar-refractivity contribution in [2.24, 2.45) is 5.84 Å². The van der Waals surface area contributed by atoms with Gasteiger partial charge in [-0.2, -0.15) is 11.8 Å². The molecule has 0 spiro atoms. The Kier molecular flexibility index (Phi) is 5.97. The van der Waals surface area contributed by atoms with Crippen LogP contribution in [0.1, 0.15) is 22.8 Å². The summed E-state index contributed by atoms with van der Waals surface area (Å²) in [5.41, 5.74) is 3.69. The molecule has 4 nitrogen and oxygen atoms in total. The van der Waals surface area contributed by atoms with E-state index in [9.17, 15) is 4.79 Å². The molecule has 0 fully saturated rings. The van der Waals surface area contributed by atoms with Crippen molar-refractivity contribution in [1.29, 1.82) is 0 Å². The lowest BCUT2D eigenvalue weighted by Crippen LogP contribution is -2.29. The van der Waals surface area contributed by atoms with Crippen LogP contribution in [-0.2, 0) is 5.75 Å². The Labute approximate surface area is 113 Å². The Morgan fingerprint density at radius 1 is 1.65 bits per heavy atom. The van der Waals surface area contributed by atoms with Crippen molar-refractivity contribution in [3.05, 3.63) is 33.8 Å². The summed E-state index contributed by atoms with van der Waals surface area (Å²) >= 11 is 5.08. The summed E-state index contributed by atoms with van der Waals surface area (Å²) in [6, 6.07) is 5.35. The zero-order valence-corrected chi connectivity index (χ0v) is 11.8. The van der Waals surface area contributed by atoms with E-state index in [1.807, 2.05) is 13.0 Å². The molecular formula is C11H15BrN2O2S. The van der Waals surface area contributed by atoms with Crippen LogP contribution in [0.3, 0.4) is 0 Å². The SMILES string of the molecule is CC(CO)SCc1ccc(C(=O)NN)cc1Br. The third-order valence-electron chi connectivity index (χ3n) is 2.23. The van der Waals surface area contributed by atoms with Crippen LogP contribution in [0, 0.1) is 0 Å². The molecule has 1 unspecified atom stereocenters. The smallest absolute Gasteiger partial charge is 0.265 e. The van der Waals surface area contributed by atoms with Gasteiger partial charge in [-0.1, -0.05) is 28.9 Å². The van der Waals surface area contributed by atoms with Crippen LogP contribution >= 0.6 is 27.7 Å². The fraction of sp³-hybridized carbons (Fsp3) is 0.364. The molecule has 0 aliphatic rings. The number of nitrogen functional groups attached to an aromatic ring is 1. The van der Waals surface area contributed by atoms with Gasteiger partial charge in [0.15, 0.2) is 0 Å². The lowest BCUT2D eigenvalue weighted by molar-refractivity contribution is 0.0953. The second-order valence-electron chi connectivity index (χ2n) is 3.58. The van der Waals surface area contributed by atoms with E-state index in [4.69, 9.17) is 10.9 Å². The van der Waals surface area contributed by atoms with E-state index in [-0.39, 0.29) is 17.8 Å². The molecule has 0 heterocycles. The molecule has 94 valence electrons. The molecule has 0 radical (unpaired) electrons. The highest BCUT2D eigenvalue weighted by Crippen LogP contribution is 2.25. The number of nitrogens with two attached hydrogens (primary N) is 1. The van der Waals surface area contributed by atoms with Gasteiger partial charge in [-0.05, 0) is 17.7 Å². The molecule has 0 saturated carbocycles. The van der Waals surface area contributed by atoms with Crippen molar-refractivity contribution >= 4 is 33.6 Å². The summed E-state index contributed by atoms with van der Waals surface area (Å²) in [4.78, 5) is 11.3. The van der Waals surface area contributed by atoms with Crippen LogP contribution in [0.25, 0.3) is 0 Å². The topological polar surface area (TPSA) is 75.3 Å². The van der Waals surface area contributed by atoms with Gasteiger partial charge < -0.3 is 5.11 Å². The molecular weight excluding hydrogens is 304 g/mol. The maximum Gasteiger partial charge on any atom is 0.265 e. The van der Waals surface area contributed by atoms with Crippen molar-refractivity contribution in [3.63, 3.8) is 0 Å². The lowest BCUT2D eigenvalue weighted by atomic mass is 10.1. The average molecular weight is 319 g/mol. The number of aliphatic hydroxyl groups excluding tert-OH is 1. The van der Waals surface area contributed by atoms with E-state index in [0.29, 0.717) is 5.56 Å². The van der Waals surface area contributed by atoms with Gasteiger partial charge >= 0.3 is 0 Å². The highest BCUT2D eigenvalue weighted by atomic mass is 79.9. The molecule has 1 amide bonds. The number of aliphatic hydroxyl groups is 1. The molecule has 1 aromatic rings. The summed E-state index contributed by atoms with van der Waals surface area (Å²) in [6.07, 6.45) is 0. The summed E-state index contributed by atoms with van der Waals surface area (Å²) < 4.78 is 0.872. The van der Waals surface area contributed by atoms with Gasteiger partial charge in [-0.3, -0.25) is 10.2 Å². The monoisotopic (exact) mass is 318 g/mol. The van der Waals surface area contributed by atoms with Crippen molar-refractivity contribution in [1.82, 2.24) is 5.43 Å². The standard InChI is InChI=1S/C11H15BrN2O2S/c1-7(5-15)17-6-9-3-2-8(4-10(9)12)11(16)14-13/h2-4,7,15H,5-6,13H2,1H3,(H,14,16). The maximum absolute atomic E-state index is 11.3. The fourth-order valence-corrected chi connectivity index (χ4v) is 2.70. The van der Waals surface area contributed by atoms with E-state index in [2.05, 4.69) is 21.4 Å². The van der Waals surface area contributed by atoms with Crippen molar-refractivity contribution in [3.8, 4) is 0 Å². The Morgan fingerprint density at radius 2 is 2.35 bits per heavy atom. The number of hydrogen-bond donors (Lipinski definition) is 3. The number of benzene rings is 1. The third kappa shape index (κ3) is 4.31. The van der Waals surface area contributed by atoms with E-state index in [1.54, 1.807) is 23.9 Å². The fourth-order valence-electron chi connectivity index (χ4n) is 1.17. The van der Waals surface area contributed by atoms with Crippen LogP contribution in [0.15, 0.2) is 22.7 Å². The number of nitrogens with one attached hydrogen (secondary N) is 1. The largest absolute Gasteiger partial charge is 0.395 e. The van der Waals surface area contributed by atoms with Gasteiger partial charge in [0.05, 0.1) is 6.61 Å². The lowest BCUT2D eigenvalue weighted by Gasteiger charge is -2.10. The van der Waals surface area contributed by atoms with Crippen molar-refractivity contribution < 1.29 is 9.90 Å². The Morgan fingerprint density at radius 3 is 2.88 bits per heavy atom. The second-order valence-corrected chi connectivity index (χ2v) is 5.86. The van der Waals surface area contributed by atoms with Crippen molar-refractivity contribution in [2.45, 2.75) is 17.9 Å². The summed E-state index contributed by atoms with van der Waals surface area (Å²) in [5.74, 6) is 5.53. The Balaban J connectivity index is 2.73. The van der Waals surface area contributed by atoms with Gasteiger partial charge in [0, 0.05) is 21.0 Å². The molecule has 17 heavy (non-hydrogen) atoms. The average Bonchev–Trinajstić information content (AvgIpc) is 2.35. The molecule has 0 aromatic heterocycles. The number of hydrazine groups is 1. The quantitative estimate of drug-likeness (QED) is 0.438. The van der Waals surface area contributed by atoms with Gasteiger partial charge in [0.1, 0.15) is 0 Å². The van der Waals surface area contributed by atoms with Crippen LogP contribution in [0.5, 0.6) is 0 Å². The molecule has 0 saturated heterocycles. The minimum Gasteiger partial charge on any atom is -0.395 e. The minimum absolute atomic E-state index is 0.163. The number of thioether (sulfide) groups is 1.